The number of hydrazone groups is 1. The van der Waals surface area contributed by atoms with Gasteiger partial charge >= 0.3 is 17.7 Å². The van der Waals surface area contributed by atoms with E-state index in [0.29, 0.717) is 10.0 Å². The lowest BCUT2D eigenvalue weighted by Gasteiger charge is -2.16. The molecule has 1 aromatic rings. The highest BCUT2D eigenvalue weighted by Crippen LogP contribution is 2.26. The van der Waals surface area contributed by atoms with Crippen molar-refractivity contribution in [2.24, 2.45) is 5.10 Å². The van der Waals surface area contributed by atoms with Gasteiger partial charge in [0, 0.05) is 5.02 Å². The van der Waals surface area contributed by atoms with Crippen molar-refractivity contribution in [3.63, 3.8) is 0 Å². The average Bonchev–Trinajstić information content (AvgIpc) is 2.63. The van der Waals surface area contributed by atoms with E-state index in [1.165, 1.54) is 24.3 Å². The van der Waals surface area contributed by atoms with Crippen LogP contribution >= 0.6 is 11.6 Å². The summed E-state index contributed by atoms with van der Waals surface area (Å²) >= 11 is 5.72. The summed E-state index contributed by atoms with van der Waals surface area (Å²) < 4.78 is 4.62. The van der Waals surface area contributed by atoms with Gasteiger partial charge in [0.05, 0.1) is 12.3 Å². The number of ether oxygens (including phenoxy) is 1. The van der Waals surface area contributed by atoms with Crippen molar-refractivity contribution in [3.8, 4) is 0 Å². The highest BCUT2D eigenvalue weighted by molar-refractivity contribution is 6.46. The van der Waals surface area contributed by atoms with Gasteiger partial charge in [0.2, 0.25) is 5.71 Å². The number of nitrogens with zero attached hydrogens (tertiary/aromatic N) is 2. The number of carbonyl (C=O) groups is 2. The molecule has 7 nitrogen and oxygen atoms in total. The molecule has 0 saturated carbocycles. The summed E-state index contributed by atoms with van der Waals surface area (Å²) in [5, 5.41) is 24.2. The fourth-order valence-electron chi connectivity index (χ4n) is 1.60. The number of esters is 1. The van der Waals surface area contributed by atoms with E-state index in [1.54, 1.807) is 6.92 Å². The van der Waals surface area contributed by atoms with Crippen LogP contribution in [0.2, 0.25) is 5.02 Å². The Morgan fingerprint density at radius 2 is 2.00 bits per heavy atom. The molecule has 2 N–H and O–H groups in total. The van der Waals surface area contributed by atoms with Gasteiger partial charge in [-0.25, -0.2) is 4.79 Å². The topological polar surface area (TPSA) is 99.4 Å². The van der Waals surface area contributed by atoms with E-state index < -0.39 is 23.4 Å². The van der Waals surface area contributed by atoms with Crippen LogP contribution in [0.3, 0.4) is 0 Å². The van der Waals surface area contributed by atoms with Crippen molar-refractivity contribution in [3.05, 3.63) is 29.3 Å². The third-order valence-electron chi connectivity index (χ3n) is 2.56. The summed E-state index contributed by atoms with van der Waals surface area (Å²) in [6, 6.07) is 5.90. The molecule has 1 aliphatic heterocycles. The second-order valence-corrected chi connectivity index (χ2v) is 4.37. The molecule has 0 aromatic heterocycles. The average molecular weight is 299 g/mol. The molecule has 1 amide bonds. The van der Waals surface area contributed by atoms with Crippen molar-refractivity contribution in [1.82, 2.24) is 0 Å². The van der Waals surface area contributed by atoms with Crippen LogP contribution in [0.25, 0.3) is 0 Å². The van der Waals surface area contributed by atoms with Gasteiger partial charge in [-0.05, 0) is 31.2 Å². The Labute approximate surface area is 119 Å². The van der Waals surface area contributed by atoms with Crippen molar-refractivity contribution in [2.75, 3.05) is 11.6 Å². The smallest absolute Gasteiger partial charge is 0.360 e. The van der Waals surface area contributed by atoms with Gasteiger partial charge in [-0.1, -0.05) is 11.6 Å². The summed E-state index contributed by atoms with van der Waals surface area (Å²) in [5.74, 6) is -5.24. The molecule has 20 heavy (non-hydrogen) atoms. The first kappa shape index (κ1) is 14.4. The lowest BCUT2D eigenvalue weighted by Crippen LogP contribution is -2.49. The Balaban J connectivity index is 2.38. The Kier molecular flexibility index (Phi) is 3.76. The number of halogens is 1. The Morgan fingerprint density at radius 3 is 2.55 bits per heavy atom. The lowest BCUT2D eigenvalue weighted by molar-refractivity contribution is -0.159. The first-order valence-electron chi connectivity index (χ1n) is 5.69. The Bertz CT molecular complexity index is 582. The van der Waals surface area contributed by atoms with Gasteiger partial charge in [0.1, 0.15) is 0 Å². The van der Waals surface area contributed by atoms with Gasteiger partial charge in [0.25, 0.3) is 0 Å². The maximum atomic E-state index is 11.9. The quantitative estimate of drug-likeness (QED) is 0.617. The van der Waals surface area contributed by atoms with Crippen LogP contribution in [0.4, 0.5) is 5.69 Å². The maximum Gasteiger partial charge on any atom is 0.360 e. The number of hydrogen-bond acceptors (Lipinski definition) is 6. The summed E-state index contributed by atoms with van der Waals surface area (Å²) in [5.41, 5.74) is -0.537. The van der Waals surface area contributed by atoms with Crippen LogP contribution in [0.15, 0.2) is 29.4 Å². The number of carbonyl (C=O) groups excluding carboxylic acids is 2. The van der Waals surface area contributed by atoms with Crippen molar-refractivity contribution < 1.29 is 24.5 Å². The second kappa shape index (κ2) is 5.20. The van der Waals surface area contributed by atoms with Crippen molar-refractivity contribution >= 4 is 34.9 Å². The van der Waals surface area contributed by atoms with Crippen molar-refractivity contribution in [1.29, 1.82) is 0 Å². The summed E-state index contributed by atoms with van der Waals surface area (Å²) in [4.78, 5) is 23.5. The minimum absolute atomic E-state index is 0.0169. The normalized spacial score (nSPS) is 17.1. The van der Waals surface area contributed by atoms with Crippen molar-refractivity contribution in [2.45, 2.75) is 12.7 Å². The molecule has 0 unspecified atom stereocenters. The molecular formula is C12H11ClN2O5. The van der Waals surface area contributed by atoms with Gasteiger partial charge in [-0.3, -0.25) is 4.79 Å². The number of hydrogen-bond donors (Lipinski definition) is 2. The number of benzene rings is 1. The number of rotatable bonds is 3. The Morgan fingerprint density at radius 1 is 1.40 bits per heavy atom. The van der Waals surface area contributed by atoms with E-state index in [0.717, 1.165) is 0 Å². The SMILES string of the molecule is CCOC(=O)C1=NN(c2ccc(Cl)cc2)C(=O)C1(O)O. The molecule has 0 bridgehead atoms. The van der Waals surface area contributed by atoms with Gasteiger partial charge in [-0.2, -0.15) is 10.1 Å². The highest BCUT2D eigenvalue weighted by atomic mass is 35.5. The van der Waals surface area contributed by atoms with Gasteiger partial charge in [-0.15, -0.1) is 0 Å². The molecule has 1 aromatic carbocycles. The number of aliphatic hydroxyl groups is 2. The highest BCUT2D eigenvalue weighted by Gasteiger charge is 2.53. The summed E-state index contributed by atoms with van der Waals surface area (Å²) in [6.07, 6.45) is 0. The zero-order valence-corrected chi connectivity index (χ0v) is 11.2. The van der Waals surface area contributed by atoms with Crippen LogP contribution in [-0.2, 0) is 14.3 Å². The van der Waals surface area contributed by atoms with Crippen LogP contribution in [0.5, 0.6) is 0 Å². The molecule has 0 atom stereocenters. The largest absolute Gasteiger partial charge is 0.461 e. The zero-order chi connectivity index (χ0) is 14.9. The molecule has 0 spiro atoms. The van der Waals surface area contributed by atoms with Crippen LogP contribution in [0.1, 0.15) is 6.92 Å². The lowest BCUT2D eigenvalue weighted by atomic mass is 10.1. The monoisotopic (exact) mass is 298 g/mol. The zero-order valence-electron chi connectivity index (χ0n) is 10.4. The predicted octanol–water partition coefficient (Wildman–Crippen LogP) is 0.287. The molecule has 1 heterocycles. The van der Waals surface area contributed by atoms with Crippen LogP contribution in [-0.4, -0.2) is 40.2 Å². The molecule has 0 fully saturated rings. The third-order valence-corrected chi connectivity index (χ3v) is 2.81. The van der Waals surface area contributed by atoms with Crippen LogP contribution in [0, 0.1) is 0 Å². The van der Waals surface area contributed by atoms with E-state index in [4.69, 9.17) is 11.6 Å². The van der Waals surface area contributed by atoms with E-state index in [1.807, 2.05) is 0 Å². The summed E-state index contributed by atoms with van der Waals surface area (Å²) in [6.45, 7) is 1.56. The molecule has 106 valence electrons. The minimum Gasteiger partial charge on any atom is -0.461 e. The first-order valence-corrected chi connectivity index (χ1v) is 6.06. The maximum absolute atomic E-state index is 11.9. The van der Waals surface area contributed by atoms with E-state index in [2.05, 4.69) is 9.84 Å². The predicted molar refractivity (Wildman–Crippen MR) is 70.2 cm³/mol. The first-order chi connectivity index (χ1) is 9.37. The van der Waals surface area contributed by atoms with Gasteiger partial charge < -0.3 is 14.9 Å². The number of anilines is 1. The Hall–Kier alpha value is -1.96. The third kappa shape index (κ3) is 2.38. The molecule has 8 heteroatoms. The molecule has 1 aliphatic rings. The van der Waals surface area contributed by atoms with Gasteiger partial charge in [0.15, 0.2) is 0 Å². The van der Waals surface area contributed by atoms with E-state index in [-0.39, 0.29) is 12.3 Å². The fourth-order valence-corrected chi connectivity index (χ4v) is 1.73. The molecule has 0 radical (unpaired) electrons. The standard InChI is InChI=1S/C12H11ClN2O5/c1-2-20-10(16)9-12(18,19)11(17)15(14-9)8-5-3-7(13)4-6-8/h3-6,18-19H,2H2,1H3. The molecule has 0 aliphatic carbocycles. The molecule has 2 rings (SSSR count). The fraction of sp³-hybridized carbons (Fsp3) is 0.250. The molecular weight excluding hydrogens is 288 g/mol. The van der Waals surface area contributed by atoms with Crippen LogP contribution < -0.4 is 5.01 Å². The summed E-state index contributed by atoms with van der Waals surface area (Å²) in [7, 11) is 0. The van der Waals surface area contributed by atoms with E-state index in [9.17, 15) is 19.8 Å². The second-order valence-electron chi connectivity index (χ2n) is 3.93. The molecule has 0 saturated heterocycles. The minimum atomic E-state index is -3.01. The van der Waals surface area contributed by atoms with E-state index >= 15 is 0 Å². The number of amides is 1.